The lowest BCUT2D eigenvalue weighted by molar-refractivity contribution is -0.138. The molecule has 39 heavy (non-hydrogen) atoms. The molecule has 1 aliphatic carbocycles. The van der Waals surface area contributed by atoms with E-state index in [0.29, 0.717) is 34.5 Å². The maximum atomic E-state index is 14.0. The van der Waals surface area contributed by atoms with Crippen LogP contribution in [0.1, 0.15) is 59.1 Å². The van der Waals surface area contributed by atoms with Gasteiger partial charge in [0.05, 0.1) is 36.5 Å². The van der Waals surface area contributed by atoms with Gasteiger partial charge in [-0.25, -0.2) is 4.79 Å². The van der Waals surface area contributed by atoms with E-state index in [-0.39, 0.29) is 31.0 Å². The molecule has 5 rings (SSSR count). The van der Waals surface area contributed by atoms with E-state index in [2.05, 4.69) is 5.32 Å². The van der Waals surface area contributed by atoms with Crippen molar-refractivity contribution in [2.75, 3.05) is 17.3 Å². The number of esters is 1. The first-order chi connectivity index (χ1) is 18.9. The number of allylic oxidation sites excluding steroid dienone is 1. The molecule has 2 N–H and O–H groups in total. The molecule has 8 heteroatoms. The van der Waals surface area contributed by atoms with Crippen LogP contribution in [0, 0.1) is 0 Å². The van der Waals surface area contributed by atoms with Crippen molar-refractivity contribution >= 4 is 35.0 Å². The third kappa shape index (κ3) is 5.18. The summed E-state index contributed by atoms with van der Waals surface area (Å²) >= 11 is 0. The largest absolute Gasteiger partial charge is 0.481 e. The predicted octanol–water partition coefficient (Wildman–Crippen LogP) is 5.24. The van der Waals surface area contributed by atoms with E-state index in [1.54, 1.807) is 36.4 Å². The van der Waals surface area contributed by atoms with Crippen molar-refractivity contribution in [3.63, 3.8) is 0 Å². The number of carboxylic acid groups (broad SMARTS) is 1. The van der Waals surface area contributed by atoms with Crippen LogP contribution in [0.2, 0.25) is 0 Å². The number of carbonyl (C=O) groups excluding carboxylic acids is 3. The second-order valence-electron chi connectivity index (χ2n) is 9.65. The van der Waals surface area contributed by atoms with Crippen LogP contribution in [0.4, 0.5) is 11.4 Å². The molecule has 3 aromatic rings. The molecule has 1 aliphatic heterocycles. The van der Waals surface area contributed by atoms with Gasteiger partial charge in [-0.15, -0.1) is 0 Å². The van der Waals surface area contributed by atoms with Gasteiger partial charge in [-0.05, 0) is 47.7 Å². The van der Waals surface area contributed by atoms with Crippen molar-refractivity contribution in [2.24, 2.45) is 0 Å². The molecule has 1 heterocycles. The Morgan fingerprint density at radius 2 is 1.59 bits per heavy atom. The number of ether oxygens (including phenoxy) is 1. The third-order valence-corrected chi connectivity index (χ3v) is 7.23. The molecule has 0 unspecified atom stereocenters. The van der Waals surface area contributed by atoms with Gasteiger partial charge in [0.2, 0.25) is 5.91 Å². The Hall–Kier alpha value is -4.72. The quantitative estimate of drug-likeness (QED) is 0.424. The van der Waals surface area contributed by atoms with Gasteiger partial charge in [-0.2, -0.15) is 0 Å². The van der Waals surface area contributed by atoms with Crippen molar-refractivity contribution < 1.29 is 29.0 Å². The first kappa shape index (κ1) is 25.9. The van der Waals surface area contributed by atoms with Crippen LogP contribution >= 0.6 is 0 Å². The molecule has 2 aliphatic rings. The SMILES string of the molecule is COC(=O)c1ccc([C@@H]2C3=C(C[C@H](c4ccccc4)CC3=O)Nc3ccccc3N2C(=O)CCC(=O)O)cc1. The smallest absolute Gasteiger partial charge is 0.337 e. The fourth-order valence-electron chi connectivity index (χ4n) is 5.40. The summed E-state index contributed by atoms with van der Waals surface area (Å²) in [5.41, 5.74) is 4.42. The predicted molar refractivity (Wildman–Crippen MR) is 145 cm³/mol. The van der Waals surface area contributed by atoms with Crippen molar-refractivity contribution in [1.82, 2.24) is 0 Å². The number of amides is 1. The van der Waals surface area contributed by atoms with E-state index in [1.165, 1.54) is 12.0 Å². The Balaban J connectivity index is 1.68. The number of anilines is 2. The standard InChI is InChI=1S/C31H28N2O6/c1-39-31(38)21-13-11-20(12-14-21)30-29-24(17-22(18-26(29)34)19-7-3-2-4-8-19)32-23-9-5-6-10-25(23)33(30)27(35)15-16-28(36)37/h2-14,22,30,32H,15-18H2,1H3,(H,36,37)/t22-,30+/m0/s1. The molecule has 0 saturated heterocycles. The van der Waals surface area contributed by atoms with Crippen LogP contribution in [0.5, 0.6) is 0 Å². The molecule has 3 aromatic carbocycles. The average Bonchev–Trinajstić information content (AvgIpc) is 3.10. The molecular weight excluding hydrogens is 496 g/mol. The number of methoxy groups -OCH3 is 1. The summed E-state index contributed by atoms with van der Waals surface area (Å²) < 4.78 is 4.83. The molecule has 0 saturated carbocycles. The highest BCUT2D eigenvalue weighted by molar-refractivity contribution is 6.06. The summed E-state index contributed by atoms with van der Waals surface area (Å²) in [6.07, 6.45) is 0.265. The van der Waals surface area contributed by atoms with Crippen molar-refractivity contribution in [2.45, 2.75) is 37.6 Å². The van der Waals surface area contributed by atoms with Gasteiger partial charge < -0.3 is 15.2 Å². The van der Waals surface area contributed by atoms with Crippen LogP contribution in [0.3, 0.4) is 0 Å². The third-order valence-electron chi connectivity index (χ3n) is 7.23. The fraction of sp³-hybridized carbons (Fsp3) is 0.226. The van der Waals surface area contributed by atoms with E-state index in [4.69, 9.17) is 4.74 Å². The van der Waals surface area contributed by atoms with E-state index >= 15 is 0 Å². The minimum absolute atomic E-state index is 0.0336. The Labute approximate surface area is 225 Å². The van der Waals surface area contributed by atoms with E-state index in [0.717, 1.165) is 11.3 Å². The second kappa shape index (κ2) is 10.9. The van der Waals surface area contributed by atoms with Crippen LogP contribution < -0.4 is 10.2 Å². The van der Waals surface area contributed by atoms with Crippen LogP contribution in [0.25, 0.3) is 0 Å². The average molecular weight is 525 g/mol. The molecule has 0 spiro atoms. The molecule has 0 aromatic heterocycles. The van der Waals surface area contributed by atoms with Crippen LogP contribution in [-0.4, -0.2) is 35.8 Å². The summed E-state index contributed by atoms with van der Waals surface area (Å²) in [4.78, 5) is 52.6. The lowest BCUT2D eigenvalue weighted by Gasteiger charge is -2.35. The van der Waals surface area contributed by atoms with Crippen LogP contribution in [-0.2, 0) is 19.1 Å². The van der Waals surface area contributed by atoms with E-state index < -0.39 is 23.9 Å². The number of Topliss-reactive ketones (excluding diaryl/α,β-unsaturated/α-hetero) is 1. The topological polar surface area (TPSA) is 113 Å². The Morgan fingerprint density at radius 1 is 0.897 bits per heavy atom. The highest BCUT2D eigenvalue weighted by Crippen LogP contribution is 2.47. The maximum Gasteiger partial charge on any atom is 0.337 e. The molecule has 0 fully saturated rings. The fourth-order valence-corrected chi connectivity index (χ4v) is 5.40. The van der Waals surface area contributed by atoms with Gasteiger partial charge in [-0.3, -0.25) is 19.3 Å². The number of carbonyl (C=O) groups is 4. The van der Waals surface area contributed by atoms with Gasteiger partial charge in [0, 0.05) is 24.1 Å². The maximum absolute atomic E-state index is 14.0. The second-order valence-corrected chi connectivity index (χ2v) is 9.65. The molecule has 8 nitrogen and oxygen atoms in total. The Bertz CT molecular complexity index is 1460. The number of aliphatic carboxylic acids is 1. The van der Waals surface area contributed by atoms with Crippen molar-refractivity contribution in [3.8, 4) is 0 Å². The zero-order valence-corrected chi connectivity index (χ0v) is 21.4. The summed E-state index contributed by atoms with van der Waals surface area (Å²) in [7, 11) is 1.30. The number of hydrogen-bond acceptors (Lipinski definition) is 6. The highest BCUT2D eigenvalue weighted by Gasteiger charge is 2.41. The van der Waals surface area contributed by atoms with Crippen molar-refractivity contribution in [1.29, 1.82) is 0 Å². The van der Waals surface area contributed by atoms with E-state index in [9.17, 15) is 24.3 Å². The lowest BCUT2D eigenvalue weighted by Crippen LogP contribution is -2.38. The Morgan fingerprint density at radius 3 is 2.28 bits per heavy atom. The van der Waals surface area contributed by atoms with Crippen molar-refractivity contribution in [3.05, 3.63) is 107 Å². The zero-order chi connectivity index (χ0) is 27.5. The number of hydrogen-bond donors (Lipinski definition) is 2. The Kier molecular flexibility index (Phi) is 7.27. The number of rotatable bonds is 6. The monoisotopic (exact) mass is 524 g/mol. The number of carboxylic acids is 1. The minimum Gasteiger partial charge on any atom is -0.481 e. The normalized spacial score (nSPS) is 18.4. The minimum atomic E-state index is -1.08. The summed E-state index contributed by atoms with van der Waals surface area (Å²) in [5.74, 6) is -2.12. The number of nitrogens with one attached hydrogen (secondary N) is 1. The number of nitrogens with zero attached hydrogens (tertiary/aromatic N) is 1. The molecule has 0 radical (unpaired) electrons. The number of fused-ring (bicyclic) bond motifs is 1. The molecule has 1 amide bonds. The summed E-state index contributed by atoms with van der Waals surface area (Å²) in [6.45, 7) is 0. The van der Waals surface area contributed by atoms with Gasteiger partial charge in [0.15, 0.2) is 5.78 Å². The first-order valence-corrected chi connectivity index (χ1v) is 12.8. The van der Waals surface area contributed by atoms with Crippen LogP contribution in [0.15, 0.2) is 90.1 Å². The van der Waals surface area contributed by atoms with Gasteiger partial charge >= 0.3 is 11.9 Å². The lowest BCUT2D eigenvalue weighted by atomic mass is 9.78. The number of ketones is 1. The zero-order valence-electron chi connectivity index (χ0n) is 21.4. The van der Waals surface area contributed by atoms with Gasteiger partial charge in [0.1, 0.15) is 0 Å². The summed E-state index contributed by atoms with van der Waals surface area (Å²) in [5, 5.41) is 12.7. The molecule has 2 atom stereocenters. The van der Waals surface area contributed by atoms with Gasteiger partial charge in [-0.1, -0.05) is 54.6 Å². The molecule has 0 bridgehead atoms. The highest BCUT2D eigenvalue weighted by atomic mass is 16.5. The molecular formula is C31H28N2O6. The van der Waals surface area contributed by atoms with E-state index in [1.807, 2.05) is 42.5 Å². The number of benzene rings is 3. The molecule has 198 valence electrons. The first-order valence-electron chi connectivity index (χ1n) is 12.8. The summed E-state index contributed by atoms with van der Waals surface area (Å²) in [6, 6.07) is 23.0. The number of para-hydroxylation sites is 2. The van der Waals surface area contributed by atoms with Gasteiger partial charge in [0.25, 0.3) is 0 Å².